The van der Waals surface area contributed by atoms with E-state index in [2.05, 4.69) is 16.5 Å². The summed E-state index contributed by atoms with van der Waals surface area (Å²) in [5.74, 6) is -0.142. The monoisotopic (exact) mass is 473 g/mol. The lowest BCUT2D eigenvalue weighted by atomic mass is 10.0. The van der Waals surface area contributed by atoms with Gasteiger partial charge in [0.2, 0.25) is 5.91 Å². The fourth-order valence-electron chi connectivity index (χ4n) is 3.85. The number of hydrogen-bond donors (Lipinski definition) is 1. The summed E-state index contributed by atoms with van der Waals surface area (Å²) in [6, 6.07) is 19.3. The normalized spacial score (nSPS) is 11.1. The first-order valence-electron chi connectivity index (χ1n) is 10.4. The van der Waals surface area contributed by atoms with Gasteiger partial charge in [0.05, 0.1) is 12.1 Å². The van der Waals surface area contributed by atoms with Gasteiger partial charge in [-0.3, -0.25) is 4.79 Å². The smallest absolute Gasteiger partial charge is 0.230 e. The first-order chi connectivity index (χ1) is 16.0. The molecule has 0 fully saturated rings. The zero-order chi connectivity index (χ0) is 22.9. The predicted molar refractivity (Wildman–Crippen MR) is 134 cm³/mol. The van der Waals surface area contributed by atoms with Crippen molar-refractivity contribution in [1.82, 2.24) is 10.1 Å². The summed E-state index contributed by atoms with van der Waals surface area (Å²) in [7, 11) is 0. The van der Waals surface area contributed by atoms with Crippen LogP contribution < -0.4 is 5.32 Å². The zero-order valence-electron chi connectivity index (χ0n) is 18.1. The molecule has 5 nitrogen and oxygen atoms in total. The van der Waals surface area contributed by atoms with E-state index in [0.717, 1.165) is 44.0 Å². The highest BCUT2D eigenvalue weighted by atomic mass is 35.5. The van der Waals surface area contributed by atoms with Crippen LogP contribution in [0.15, 0.2) is 70.6 Å². The van der Waals surface area contributed by atoms with E-state index in [9.17, 15) is 4.79 Å². The molecule has 2 aromatic heterocycles. The maximum atomic E-state index is 12.6. The Morgan fingerprint density at radius 2 is 1.76 bits per heavy atom. The van der Waals surface area contributed by atoms with Crippen LogP contribution in [0.5, 0.6) is 0 Å². The predicted octanol–water partition coefficient (Wildman–Crippen LogP) is 7.07. The summed E-state index contributed by atoms with van der Waals surface area (Å²) in [6.45, 7) is 4.01. The number of rotatable bonds is 5. The van der Waals surface area contributed by atoms with Crippen molar-refractivity contribution in [1.29, 1.82) is 0 Å². The number of amides is 1. The van der Waals surface area contributed by atoms with Crippen LogP contribution in [0, 0.1) is 13.8 Å². The summed E-state index contributed by atoms with van der Waals surface area (Å²) in [4.78, 5) is 17.4. The number of nitrogens with zero attached hydrogens (tertiary/aromatic N) is 2. The summed E-state index contributed by atoms with van der Waals surface area (Å²) in [6.07, 6.45) is 0.148. The third-order valence-electron chi connectivity index (χ3n) is 5.37. The van der Waals surface area contributed by atoms with Gasteiger partial charge in [-0.05, 0) is 55.3 Å². The standard InChI is InChI=1S/C26H20ClN3O2S/c1-15-11-16(2)25-21(30-32-23(25)12-15)13-24(31)28-20-9-5-17(6-10-20)22-14-33-26(29-22)18-3-7-19(27)8-4-18/h3-12,14H,13H2,1-2H3,(H,28,31). The number of nitrogens with one attached hydrogen (secondary N) is 1. The maximum Gasteiger partial charge on any atom is 0.230 e. The van der Waals surface area contributed by atoms with Crippen molar-refractivity contribution in [2.24, 2.45) is 0 Å². The first-order valence-corrected chi connectivity index (χ1v) is 11.7. The van der Waals surface area contributed by atoms with Crippen LogP contribution in [0.1, 0.15) is 16.8 Å². The van der Waals surface area contributed by atoms with Gasteiger partial charge >= 0.3 is 0 Å². The lowest BCUT2D eigenvalue weighted by Gasteiger charge is -2.06. The molecule has 0 radical (unpaired) electrons. The van der Waals surface area contributed by atoms with Crippen molar-refractivity contribution in [3.05, 3.63) is 87.9 Å². The highest BCUT2D eigenvalue weighted by molar-refractivity contribution is 7.13. The largest absolute Gasteiger partial charge is 0.356 e. The number of hydrogen-bond acceptors (Lipinski definition) is 5. The highest BCUT2D eigenvalue weighted by Gasteiger charge is 2.15. The first kappa shape index (κ1) is 21.4. The van der Waals surface area contributed by atoms with E-state index in [0.29, 0.717) is 16.3 Å². The number of carbonyl (C=O) groups is 1. The Labute approximate surface area is 200 Å². The minimum atomic E-state index is -0.142. The van der Waals surface area contributed by atoms with E-state index in [1.54, 1.807) is 11.3 Å². The van der Waals surface area contributed by atoms with E-state index in [4.69, 9.17) is 21.1 Å². The molecule has 7 heteroatoms. The van der Waals surface area contributed by atoms with Gasteiger partial charge in [-0.1, -0.05) is 47.1 Å². The van der Waals surface area contributed by atoms with E-state index in [1.165, 1.54) is 0 Å². The number of benzene rings is 3. The Kier molecular flexibility index (Phi) is 5.70. The number of halogens is 1. The summed E-state index contributed by atoms with van der Waals surface area (Å²) >= 11 is 7.56. The van der Waals surface area contributed by atoms with Gasteiger partial charge in [0.15, 0.2) is 5.58 Å². The molecule has 5 rings (SSSR count). The van der Waals surface area contributed by atoms with Crippen molar-refractivity contribution in [3.63, 3.8) is 0 Å². The molecular weight excluding hydrogens is 454 g/mol. The van der Waals surface area contributed by atoms with Crippen molar-refractivity contribution < 1.29 is 9.32 Å². The Bertz CT molecular complexity index is 1450. The highest BCUT2D eigenvalue weighted by Crippen LogP contribution is 2.30. The van der Waals surface area contributed by atoms with E-state index in [-0.39, 0.29) is 12.3 Å². The van der Waals surface area contributed by atoms with Crippen molar-refractivity contribution in [2.45, 2.75) is 20.3 Å². The van der Waals surface area contributed by atoms with E-state index >= 15 is 0 Å². The van der Waals surface area contributed by atoms with Gasteiger partial charge in [-0.2, -0.15) is 0 Å². The Balaban J connectivity index is 1.28. The average molecular weight is 474 g/mol. The fraction of sp³-hybridized carbons (Fsp3) is 0.115. The molecule has 0 unspecified atom stereocenters. The van der Waals surface area contributed by atoms with Crippen molar-refractivity contribution in [2.75, 3.05) is 5.32 Å². The summed E-state index contributed by atoms with van der Waals surface area (Å²) in [5, 5.41) is 11.6. The Hall–Kier alpha value is -3.48. The van der Waals surface area contributed by atoms with Crippen LogP contribution in [-0.4, -0.2) is 16.0 Å². The molecule has 0 aliphatic carbocycles. The molecule has 1 N–H and O–H groups in total. The minimum Gasteiger partial charge on any atom is -0.356 e. The van der Waals surface area contributed by atoms with Gasteiger partial charge in [0, 0.05) is 32.6 Å². The number of thiazole rings is 1. The molecule has 2 heterocycles. The van der Waals surface area contributed by atoms with Crippen LogP contribution in [0.4, 0.5) is 5.69 Å². The van der Waals surface area contributed by atoms with Crippen LogP contribution in [0.3, 0.4) is 0 Å². The molecule has 0 saturated heterocycles. The fourth-order valence-corrected chi connectivity index (χ4v) is 4.82. The Morgan fingerprint density at radius 1 is 1.03 bits per heavy atom. The lowest BCUT2D eigenvalue weighted by Crippen LogP contribution is -2.14. The van der Waals surface area contributed by atoms with Gasteiger partial charge in [-0.15, -0.1) is 11.3 Å². The van der Waals surface area contributed by atoms with Crippen LogP contribution in [0.2, 0.25) is 5.02 Å². The van der Waals surface area contributed by atoms with E-state index < -0.39 is 0 Å². The number of carbonyl (C=O) groups excluding carboxylic acids is 1. The maximum absolute atomic E-state index is 12.6. The molecule has 0 bridgehead atoms. The summed E-state index contributed by atoms with van der Waals surface area (Å²) < 4.78 is 5.42. The molecule has 0 aliphatic heterocycles. The topological polar surface area (TPSA) is 68.0 Å². The minimum absolute atomic E-state index is 0.142. The third-order valence-corrected chi connectivity index (χ3v) is 6.52. The van der Waals surface area contributed by atoms with Gasteiger partial charge in [-0.25, -0.2) is 4.98 Å². The Morgan fingerprint density at radius 3 is 2.52 bits per heavy atom. The molecule has 3 aromatic carbocycles. The average Bonchev–Trinajstić information content (AvgIpc) is 3.43. The SMILES string of the molecule is Cc1cc(C)c2c(CC(=O)Nc3ccc(-c4csc(-c5ccc(Cl)cc5)n4)cc3)noc2c1. The number of anilines is 1. The number of aryl methyl sites for hydroxylation is 2. The number of fused-ring (bicyclic) bond motifs is 1. The molecule has 0 saturated carbocycles. The van der Waals surface area contributed by atoms with Gasteiger partial charge in [0.1, 0.15) is 10.7 Å². The van der Waals surface area contributed by atoms with Crippen LogP contribution in [0.25, 0.3) is 32.8 Å². The number of aromatic nitrogens is 2. The second kappa shape index (κ2) is 8.81. The molecule has 1 amide bonds. The summed E-state index contributed by atoms with van der Waals surface area (Å²) in [5.41, 5.74) is 7.14. The van der Waals surface area contributed by atoms with Gasteiger partial charge < -0.3 is 9.84 Å². The molecular formula is C26H20ClN3O2S. The quantitative estimate of drug-likeness (QED) is 0.296. The third kappa shape index (κ3) is 4.53. The van der Waals surface area contributed by atoms with Crippen LogP contribution >= 0.6 is 22.9 Å². The molecule has 164 valence electrons. The van der Waals surface area contributed by atoms with E-state index in [1.807, 2.05) is 73.8 Å². The molecule has 0 aliphatic rings. The second-order valence-electron chi connectivity index (χ2n) is 7.93. The molecule has 33 heavy (non-hydrogen) atoms. The lowest BCUT2D eigenvalue weighted by molar-refractivity contribution is -0.115. The van der Waals surface area contributed by atoms with Gasteiger partial charge in [0.25, 0.3) is 0 Å². The van der Waals surface area contributed by atoms with Crippen LogP contribution in [-0.2, 0) is 11.2 Å². The van der Waals surface area contributed by atoms with Crippen molar-refractivity contribution in [3.8, 4) is 21.8 Å². The molecule has 0 atom stereocenters. The zero-order valence-corrected chi connectivity index (χ0v) is 19.6. The molecule has 0 spiro atoms. The van der Waals surface area contributed by atoms with Crippen molar-refractivity contribution >= 4 is 45.5 Å². The second-order valence-corrected chi connectivity index (χ2v) is 9.23. The molecule has 5 aromatic rings.